The van der Waals surface area contributed by atoms with Crippen molar-refractivity contribution in [3.8, 4) is 11.5 Å². The summed E-state index contributed by atoms with van der Waals surface area (Å²) in [7, 11) is 0. The Morgan fingerprint density at radius 2 is 1.47 bits per heavy atom. The zero-order chi connectivity index (χ0) is 13.7. The molecule has 2 aromatic carbocycles. The fourth-order valence-electron chi connectivity index (χ4n) is 1.69. The van der Waals surface area contributed by atoms with Gasteiger partial charge in [-0.2, -0.15) is 0 Å². The third-order valence-corrected chi connectivity index (χ3v) is 2.97. The number of hydrogen-bond acceptors (Lipinski definition) is 3. The normalized spacial score (nSPS) is 12.2. The van der Waals surface area contributed by atoms with E-state index in [1.54, 1.807) is 48.5 Å². The summed E-state index contributed by atoms with van der Waals surface area (Å²) in [6.45, 7) is -0.0375. The van der Waals surface area contributed by atoms with Crippen LogP contribution in [-0.2, 0) is 0 Å². The van der Waals surface area contributed by atoms with Crippen molar-refractivity contribution >= 4 is 11.6 Å². The van der Waals surface area contributed by atoms with Crippen molar-refractivity contribution in [2.24, 2.45) is 0 Å². The first-order valence-electron chi connectivity index (χ1n) is 6.01. The molecule has 0 aliphatic rings. The largest absolute Gasteiger partial charge is 0.457 e. The van der Waals surface area contributed by atoms with Crippen molar-refractivity contribution < 1.29 is 14.9 Å². The van der Waals surface area contributed by atoms with Crippen LogP contribution >= 0.6 is 11.6 Å². The third-order valence-electron chi connectivity index (χ3n) is 2.72. The van der Waals surface area contributed by atoms with Crippen LogP contribution in [0.5, 0.6) is 11.5 Å². The van der Waals surface area contributed by atoms with E-state index in [9.17, 15) is 5.11 Å². The molecule has 0 aliphatic heterocycles. The molecule has 0 saturated heterocycles. The Morgan fingerprint density at radius 3 is 2.00 bits per heavy atom. The van der Waals surface area contributed by atoms with Crippen LogP contribution in [0.25, 0.3) is 0 Å². The zero-order valence-corrected chi connectivity index (χ0v) is 11.0. The molecule has 0 amide bonds. The lowest BCUT2D eigenvalue weighted by Crippen LogP contribution is -1.99. The van der Waals surface area contributed by atoms with Gasteiger partial charge in [0.05, 0.1) is 6.10 Å². The molecule has 0 aliphatic carbocycles. The van der Waals surface area contributed by atoms with Crippen LogP contribution in [0.1, 0.15) is 18.1 Å². The predicted molar refractivity (Wildman–Crippen MR) is 74.6 cm³/mol. The molecular formula is C15H15ClO3. The number of aliphatic hydroxyl groups excluding tert-OH is 2. The maximum Gasteiger partial charge on any atom is 0.127 e. The van der Waals surface area contributed by atoms with Gasteiger partial charge in [0.2, 0.25) is 0 Å². The van der Waals surface area contributed by atoms with Crippen LogP contribution in [0.4, 0.5) is 0 Å². The highest BCUT2D eigenvalue weighted by molar-refractivity contribution is 6.30. The summed E-state index contributed by atoms with van der Waals surface area (Å²) >= 11 is 5.80. The molecule has 0 spiro atoms. The molecule has 4 heteroatoms. The van der Waals surface area contributed by atoms with Crippen molar-refractivity contribution in [2.75, 3.05) is 6.61 Å². The van der Waals surface area contributed by atoms with E-state index in [1.807, 2.05) is 0 Å². The van der Waals surface area contributed by atoms with Crippen LogP contribution in [-0.4, -0.2) is 16.8 Å². The second-order valence-electron chi connectivity index (χ2n) is 4.15. The summed E-state index contributed by atoms with van der Waals surface area (Å²) in [5.41, 5.74) is 0.762. The molecule has 2 rings (SSSR count). The van der Waals surface area contributed by atoms with Gasteiger partial charge in [0.25, 0.3) is 0 Å². The van der Waals surface area contributed by atoms with Gasteiger partial charge < -0.3 is 14.9 Å². The maximum atomic E-state index is 9.72. The Hall–Kier alpha value is -1.55. The molecular weight excluding hydrogens is 264 g/mol. The van der Waals surface area contributed by atoms with Gasteiger partial charge in [-0.15, -0.1) is 0 Å². The molecule has 2 aromatic rings. The first-order chi connectivity index (χ1) is 9.19. The summed E-state index contributed by atoms with van der Waals surface area (Å²) in [5, 5.41) is 19.2. The highest BCUT2D eigenvalue weighted by Gasteiger charge is 2.06. The highest BCUT2D eigenvalue weighted by Crippen LogP contribution is 2.25. The van der Waals surface area contributed by atoms with Gasteiger partial charge in [0.15, 0.2) is 0 Å². The Bertz CT molecular complexity index is 508. The van der Waals surface area contributed by atoms with E-state index < -0.39 is 6.10 Å². The molecule has 0 saturated carbocycles. The Balaban J connectivity index is 2.04. The minimum atomic E-state index is -0.644. The smallest absolute Gasteiger partial charge is 0.127 e. The summed E-state index contributed by atoms with van der Waals surface area (Å²) in [5.74, 6) is 1.38. The van der Waals surface area contributed by atoms with Crippen molar-refractivity contribution in [3.05, 3.63) is 59.1 Å². The molecule has 1 atom stereocenters. The Kier molecular flexibility index (Phi) is 4.80. The van der Waals surface area contributed by atoms with Gasteiger partial charge in [-0.25, -0.2) is 0 Å². The lowest BCUT2D eigenvalue weighted by Gasteiger charge is -2.10. The molecule has 0 fully saturated rings. The minimum absolute atomic E-state index is 0.0375. The molecule has 19 heavy (non-hydrogen) atoms. The van der Waals surface area contributed by atoms with E-state index in [0.717, 1.165) is 5.56 Å². The van der Waals surface area contributed by atoms with Gasteiger partial charge in [-0.3, -0.25) is 0 Å². The summed E-state index contributed by atoms with van der Waals surface area (Å²) in [4.78, 5) is 0. The fraction of sp³-hybridized carbons (Fsp3) is 0.200. The Morgan fingerprint density at radius 1 is 0.947 bits per heavy atom. The van der Waals surface area contributed by atoms with E-state index in [0.29, 0.717) is 22.9 Å². The maximum absolute atomic E-state index is 9.72. The number of ether oxygens (including phenoxy) is 1. The van der Waals surface area contributed by atoms with Crippen molar-refractivity contribution in [1.29, 1.82) is 0 Å². The zero-order valence-electron chi connectivity index (χ0n) is 10.3. The van der Waals surface area contributed by atoms with Gasteiger partial charge >= 0.3 is 0 Å². The SMILES string of the molecule is OCCC(O)c1ccc(Oc2ccc(Cl)cc2)cc1. The van der Waals surface area contributed by atoms with E-state index in [-0.39, 0.29) is 6.61 Å². The standard InChI is InChI=1S/C15H15ClO3/c16-12-3-7-14(8-4-12)19-13-5-1-11(2-6-13)15(18)9-10-17/h1-8,15,17-18H,9-10H2. The lowest BCUT2D eigenvalue weighted by atomic mass is 10.1. The van der Waals surface area contributed by atoms with Crippen molar-refractivity contribution in [3.63, 3.8) is 0 Å². The third kappa shape index (κ3) is 3.96. The summed E-state index contributed by atoms with van der Waals surface area (Å²) < 4.78 is 5.64. The van der Waals surface area contributed by atoms with E-state index in [2.05, 4.69) is 0 Å². The van der Waals surface area contributed by atoms with Crippen molar-refractivity contribution in [1.82, 2.24) is 0 Å². The topological polar surface area (TPSA) is 49.7 Å². The number of aliphatic hydroxyl groups is 2. The number of halogens is 1. The van der Waals surface area contributed by atoms with Crippen LogP contribution in [0.3, 0.4) is 0 Å². The lowest BCUT2D eigenvalue weighted by molar-refractivity contribution is 0.134. The molecule has 2 N–H and O–H groups in total. The molecule has 1 unspecified atom stereocenters. The van der Waals surface area contributed by atoms with Crippen LogP contribution in [0, 0.1) is 0 Å². The van der Waals surface area contributed by atoms with Gasteiger partial charge in [-0.05, 0) is 42.0 Å². The molecule has 100 valence electrons. The summed E-state index contributed by atoms with van der Waals surface area (Å²) in [6.07, 6.45) is -0.313. The first kappa shape index (κ1) is 13.9. The van der Waals surface area contributed by atoms with Crippen molar-refractivity contribution in [2.45, 2.75) is 12.5 Å². The first-order valence-corrected chi connectivity index (χ1v) is 6.39. The summed E-state index contributed by atoms with van der Waals surface area (Å²) in [6, 6.07) is 14.2. The quantitative estimate of drug-likeness (QED) is 0.879. The van der Waals surface area contributed by atoms with Gasteiger partial charge in [0, 0.05) is 18.1 Å². The molecule has 0 radical (unpaired) electrons. The Labute approximate surface area is 117 Å². The fourth-order valence-corrected chi connectivity index (χ4v) is 1.81. The van der Waals surface area contributed by atoms with Gasteiger partial charge in [0.1, 0.15) is 11.5 Å². The number of benzene rings is 2. The predicted octanol–water partition coefficient (Wildman–Crippen LogP) is 3.55. The number of hydrogen-bond donors (Lipinski definition) is 2. The average Bonchev–Trinajstić information content (AvgIpc) is 2.42. The molecule has 3 nitrogen and oxygen atoms in total. The van der Waals surface area contributed by atoms with Crippen LogP contribution < -0.4 is 4.74 Å². The van der Waals surface area contributed by atoms with E-state index >= 15 is 0 Å². The molecule has 0 heterocycles. The molecule has 0 bridgehead atoms. The van der Waals surface area contributed by atoms with Crippen LogP contribution in [0.15, 0.2) is 48.5 Å². The monoisotopic (exact) mass is 278 g/mol. The highest BCUT2D eigenvalue weighted by atomic mass is 35.5. The van der Waals surface area contributed by atoms with Crippen LogP contribution in [0.2, 0.25) is 5.02 Å². The second kappa shape index (κ2) is 6.57. The second-order valence-corrected chi connectivity index (χ2v) is 4.59. The van der Waals surface area contributed by atoms with Gasteiger partial charge in [-0.1, -0.05) is 23.7 Å². The number of rotatable bonds is 5. The minimum Gasteiger partial charge on any atom is -0.457 e. The van der Waals surface area contributed by atoms with E-state index in [4.69, 9.17) is 21.4 Å². The van der Waals surface area contributed by atoms with E-state index in [1.165, 1.54) is 0 Å². The molecule has 0 aromatic heterocycles. The average molecular weight is 279 g/mol.